The first kappa shape index (κ1) is 35.7. The van der Waals surface area contributed by atoms with Crippen LogP contribution in [0.1, 0.15) is 77.3 Å². The highest BCUT2D eigenvalue weighted by atomic mass is 16.6. The van der Waals surface area contributed by atoms with Crippen LogP contribution < -0.4 is 9.47 Å². The Bertz CT molecular complexity index is 1280. The summed E-state index contributed by atoms with van der Waals surface area (Å²) in [6.07, 6.45) is 8.88. The van der Waals surface area contributed by atoms with E-state index in [-0.39, 0.29) is 35.2 Å². The molecule has 4 atom stereocenters. The van der Waals surface area contributed by atoms with E-state index in [1.807, 2.05) is 13.8 Å². The first-order valence-corrected chi connectivity index (χ1v) is 17.4. The first-order valence-electron chi connectivity index (χ1n) is 17.4. The van der Waals surface area contributed by atoms with Crippen LogP contribution in [0.25, 0.3) is 0 Å². The van der Waals surface area contributed by atoms with E-state index in [0.717, 1.165) is 35.5 Å². The van der Waals surface area contributed by atoms with E-state index in [0.29, 0.717) is 26.4 Å². The molecule has 2 aromatic carbocycles. The van der Waals surface area contributed by atoms with Crippen LogP contribution in [-0.2, 0) is 39.4 Å². The quantitative estimate of drug-likeness (QED) is 0.122. The summed E-state index contributed by atoms with van der Waals surface area (Å²) in [6, 6.07) is 17.5. The number of rotatable bonds is 18. The van der Waals surface area contributed by atoms with Gasteiger partial charge < -0.3 is 28.4 Å². The van der Waals surface area contributed by atoms with Crippen molar-refractivity contribution in [2.24, 2.45) is 11.8 Å². The van der Waals surface area contributed by atoms with Crippen molar-refractivity contribution < 1.29 is 38.0 Å². The van der Waals surface area contributed by atoms with E-state index in [4.69, 9.17) is 28.4 Å². The summed E-state index contributed by atoms with van der Waals surface area (Å²) in [7, 11) is 0. The van der Waals surface area contributed by atoms with Crippen LogP contribution in [0.3, 0.4) is 0 Å². The molecule has 4 fully saturated rings. The predicted molar refractivity (Wildman–Crippen MR) is 184 cm³/mol. The van der Waals surface area contributed by atoms with Crippen LogP contribution >= 0.6 is 0 Å². The molecule has 0 spiro atoms. The average Bonchev–Trinajstić information content (AvgIpc) is 3.07. The Morgan fingerprint density at radius 2 is 1.02 bits per heavy atom. The Morgan fingerprint density at radius 1 is 0.646 bits per heavy atom. The van der Waals surface area contributed by atoms with Crippen molar-refractivity contribution in [3.05, 3.63) is 85.0 Å². The molecular formula is C40H52O8. The molecule has 4 aliphatic carbocycles. The number of hydrogen-bond acceptors (Lipinski definition) is 8. The molecular weight excluding hydrogens is 608 g/mol. The Labute approximate surface area is 285 Å². The lowest BCUT2D eigenvalue weighted by molar-refractivity contribution is -0.147. The molecule has 260 valence electrons. The minimum atomic E-state index is -0.450. The van der Waals surface area contributed by atoms with Gasteiger partial charge in [0.25, 0.3) is 0 Å². The first-order chi connectivity index (χ1) is 23.0. The van der Waals surface area contributed by atoms with Gasteiger partial charge in [0.15, 0.2) is 0 Å². The monoisotopic (exact) mass is 660 g/mol. The van der Waals surface area contributed by atoms with E-state index in [2.05, 4.69) is 61.7 Å². The Morgan fingerprint density at radius 3 is 1.38 bits per heavy atom. The highest BCUT2D eigenvalue weighted by molar-refractivity contribution is 5.81. The van der Waals surface area contributed by atoms with E-state index < -0.39 is 11.9 Å². The van der Waals surface area contributed by atoms with Crippen molar-refractivity contribution in [3.63, 3.8) is 0 Å². The van der Waals surface area contributed by atoms with Crippen molar-refractivity contribution in [2.75, 3.05) is 26.4 Å². The molecule has 0 aliphatic heterocycles. The fourth-order valence-corrected chi connectivity index (χ4v) is 8.43. The van der Waals surface area contributed by atoms with Gasteiger partial charge in [0.05, 0.1) is 25.4 Å². The highest BCUT2D eigenvalue weighted by Gasteiger charge is 2.58. The van der Waals surface area contributed by atoms with E-state index in [9.17, 15) is 9.59 Å². The number of ether oxygens (including phenoxy) is 6. The van der Waals surface area contributed by atoms with Crippen LogP contribution in [0.15, 0.2) is 73.8 Å². The van der Waals surface area contributed by atoms with E-state index >= 15 is 0 Å². The lowest BCUT2D eigenvalue weighted by atomic mass is 9.42. The van der Waals surface area contributed by atoms with Gasteiger partial charge in [-0.15, -0.1) is 0 Å². The van der Waals surface area contributed by atoms with Gasteiger partial charge in [0.2, 0.25) is 0 Å². The molecule has 4 aliphatic rings. The number of carbonyl (C=O) groups is 2. The molecule has 48 heavy (non-hydrogen) atoms. The molecule has 0 aromatic heterocycles. The van der Waals surface area contributed by atoms with Gasteiger partial charge >= 0.3 is 11.9 Å². The van der Waals surface area contributed by atoms with Gasteiger partial charge in [-0.2, -0.15) is 0 Å². The smallest absolute Gasteiger partial charge is 0.330 e. The number of esters is 2. The highest BCUT2D eigenvalue weighted by Crippen LogP contribution is 2.66. The van der Waals surface area contributed by atoms with Crippen LogP contribution in [0.5, 0.6) is 11.5 Å². The number of carbonyl (C=O) groups excluding carboxylic acids is 2. The summed E-state index contributed by atoms with van der Waals surface area (Å²) in [5, 5.41) is 0. The SMILES string of the molecule is C=CC(=O)OC(C)COC(C)COc1ccc(C23CC4CC(C2)CC(c2ccc(OCC(C)OCC(C)OC(=O)C=C)cc2)(C4)C3)cc1. The molecule has 6 rings (SSSR count). The molecule has 2 aromatic rings. The maximum atomic E-state index is 11.4. The minimum absolute atomic E-state index is 0.143. The lowest BCUT2D eigenvalue weighted by Gasteiger charge is -2.62. The Hall–Kier alpha value is -3.62. The summed E-state index contributed by atoms with van der Waals surface area (Å²) in [6.45, 7) is 15.8. The molecule has 4 saturated carbocycles. The number of benzene rings is 2. The van der Waals surface area contributed by atoms with Crippen LogP contribution in [0, 0.1) is 11.8 Å². The zero-order valence-electron chi connectivity index (χ0n) is 29.0. The lowest BCUT2D eigenvalue weighted by Crippen LogP contribution is -2.55. The molecule has 4 unspecified atom stereocenters. The van der Waals surface area contributed by atoms with Crippen molar-refractivity contribution in [1.82, 2.24) is 0 Å². The van der Waals surface area contributed by atoms with E-state index in [1.165, 1.54) is 49.7 Å². The van der Waals surface area contributed by atoms with Gasteiger partial charge in [0, 0.05) is 12.2 Å². The second-order valence-electron chi connectivity index (χ2n) is 14.4. The molecule has 0 saturated heterocycles. The summed E-state index contributed by atoms with van der Waals surface area (Å²) in [5.41, 5.74) is 3.24. The van der Waals surface area contributed by atoms with Gasteiger partial charge in [-0.05, 0) is 124 Å². The topological polar surface area (TPSA) is 89.5 Å². The summed E-state index contributed by atoms with van der Waals surface area (Å²) < 4.78 is 34.1. The molecule has 4 bridgehead atoms. The fraction of sp³-hybridized carbons (Fsp3) is 0.550. The predicted octanol–water partition coefficient (Wildman–Crippen LogP) is 7.28. The average molecular weight is 661 g/mol. The molecule has 8 heteroatoms. The zero-order chi connectivity index (χ0) is 34.3. The van der Waals surface area contributed by atoms with Gasteiger partial charge in [-0.1, -0.05) is 37.4 Å². The third-order valence-corrected chi connectivity index (χ3v) is 10.2. The molecule has 0 amide bonds. The van der Waals surface area contributed by atoms with Crippen molar-refractivity contribution >= 4 is 11.9 Å². The standard InChI is InChI=1S/C40H52O8/c1-7-37(41)47-29(5)24-43-27(3)22-45-35-13-9-33(10-14-35)39-18-31-17-32(19-39)21-40(20-31,26-39)34-11-15-36(16-12-34)46-23-28(4)44-25-30(6)48-38(42)8-2/h7-16,27-32H,1-2,17-26H2,3-6H3. The van der Waals surface area contributed by atoms with Gasteiger partial charge in [-0.25, -0.2) is 9.59 Å². The van der Waals surface area contributed by atoms with Crippen molar-refractivity contribution in [1.29, 1.82) is 0 Å². The third-order valence-electron chi connectivity index (χ3n) is 10.2. The molecule has 0 radical (unpaired) electrons. The largest absolute Gasteiger partial charge is 0.491 e. The van der Waals surface area contributed by atoms with Gasteiger partial charge in [-0.3, -0.25) is 0 Å². The zero-order valence-corrected chi connectivity index (χ0v) is 29.0. The molecule has 8 nitrogen and oxygen atoms in total. The second-order valence-corrected chi connectivity index (χ2v) is 14.4. The Kier molecular flexibility index (Phi) is 11.7. The van der Waals surface area contributed by atoms with E-state index in [1.54, 1.807) is 13.8 Å². The second kappa shape index (κ2) is 15.7. The number of hydrogen-bond donors (Lipinski definition) is 0. The molecule has 0 heterocycles. The third kappa shape index (κ3) is 8.88. The maximum Gasteiger partial charge on any atom is 0.330 e. The summed E-state index contributed by atoms with van der Waals surface area (Å²) >= 11 is 0. The van der Waals surface area contributed by atoms with Crippen LogP contribution in [0.4, 0.5) is 0 Å². The normalized spacial score (nSPS) is 26.5. The van der Waals surface area contributed by atoms with Crippen LogP contribution in [0.2, 0.25) is 0 Å². The van der Waals surface area contributed by atoms with Gasteiger partial charge in [0.1, 0.15) is 36.9 Å². The molecule has 0 N–H and O–H groups in total. The summed E-state index contributed by atoms with van der Waals surface area (Å²) in [5.74, 6) is 2.26. The summed E-state index contributed by atoms with van der Waals surface area (Å²) in [4.78, 5) is 22.7. The fourth-order valence-electron chi connectivity index (χ4n) is 8.43. The Balaban J connectivity index is 1.15. The minimum Gasteiger partial charge on any atom is -0.491 e. The maximum absolute atomic E-state index is 11.4. The van der Waals surface area contributed by atoms with Crippen molar-refractivity contribution in [2.45, 2.75) is 101 Å². The van der Waals surface area contributed by atoms with Crippen molar-refractivity contribution in [3.8, 4) is 11.5 Å². The van der Waals surface area contributed by atoms with Crippen LogP contribution in [-0.4, -0.2) is 62.8 Å².